The zero-order chi connectivity index (χ0) is 20.0. The van der Waals surface area contributed by atoms with Crippen LogP contribution in [-0.4, -0.2) is 6.61 Å². The molecule has 2 heterocycles. The fourth-order valence-corrected chi connectivity index (χ4v) is 6.83. The van der Waals surface area contributed by atoms with Gasteiger partial charge in [0.15, 0.2) is 0 Å². The van der Waals surface area contributed by atoms with Gasteiger partial charge in [0.05, 0.1) is 22.7 Å². The minimum absolute atomic E-state index is 0.136. The molecule has 1 aliphatic heterocycles. The number of nitrogens with one attached hydrogen (secondary N) is 1. The molecule has 0 atom stereocenters. The van der Waals surface area contributed by atoms with E-state index in [2.05, 4.69) is 73.8 Å². The monoisotopic (exact) mass is 418 g/mol. The second kappa shape index (κ2) is 7.01. The molecular formula is C24H22N2OS2. The largest absolute Gasteiger partial charge is 0.494 e. The lowest BCUT2D eigenvalue weighted by atomic mass is 9.90. The summed E-state index contributed by atoms with van der Waals surface area (Å²) in [6.07, 6.45) is 0. The molecule has 0 unspecified atom stereocenters. The van der Waals surface area contributed by atoms with E-state index in [1.807, 2.05) is 23.3 Å². The molecule has 0 aliphatic carbocycles. The van der Waals surface area contributed by atoms with Crippen LogP contribution in [0.1, 0.15) is 25.6 Å². The average Bonchev–Trinajstić information content (AvgIpc) is 3.14. The maximum absolute atomic E-state index is 5.78. The number of anilines is 1. The standard InChI is InChI=1S/C24H22N2OS2/c1-4-27-16-12-13-20-18(14-16)21-22(24(2,3)26-20)28-29-23(21)25-19-11-7-9-15-8-5-6-10-17(15)19/h5-14,26H,4H2,1-3H3. The van der Waals surface area contributed by atoms with Crippen LogP contribution in [0, 0.1) is 0 Å². The number of benzene rings is 3. The van der Waals surface area contributed by atoms with Gasteiger partial charge in [0.25, 0.3) is 0 Å². The van der Waals surface area contributed by atoms with Gasteiger partial charge in [0.2, 0.25) is 0 Å². The van der Waals surface area contributed by atoms with Gasteiger partial charge >= 0.3 is 0 Å². The van der Waals surface area contributed by atoms with Gasteiger partial charge in [-0.25, -0.2) is 4.99 Å². The van der Waals surface area contributed by atoms with E-state index < -0.39 is 0 Å². The second-order valence-electron chi connectivity index (χ2n) is 7.68. The maximum atomic E-state index is 5.78. The van der Waals surface area contributed by atoms with Crippen molar-refractivity contribution in [2.24, 2.45) is 4.99 Å². The highest BCUT2D eigenvalue weighted by atomic mass is 32.9. The Bertz CT molecular complexity index is 1280. The molecule has 29 heavy (non-hydrogen) atoms. The van der Waals surface area contributed by atoms with Crippen molar-refractivity contribution in [2.75, 3.05) is 11.9 Å². The Kier molecular flexibility index (Phi) is 4.45. The predicted octanol–water partition coefficient (Wildman–Crippen LogP) is 6.92. The second-order valence-corrected chi connectivity index (χ2v) is 9.80. The molecule has 0 spiro atoms. The fourth-order valence-electron chi connectivity index (χ4n) is 3.89. The zero-order valence-electron chi connectivity index (χ0n) is 16.7. The Labute approximate surface area is 177 Å². The van der Waals surface area contributed by atoms with Crippen LogP contribution in [0.15, 0.2) is 65.7 Å². The molecule has 0 saturated carbocycles. The van der Waals surface area contributed by atoms with E-state index in [1.165, 1.54) is 26.8 Å². The molecule has 1 N–H and O–H groups in total. The summed E-state index contributed by atoms with van der Waals surface area (Å²) in [5.41, 5.74) is 4.41. The van der Waals surface area contributed by atoms with E-state index in [-0.39, 0.29) is 5.54 Å². The van der Waals surface area contributed by atoms with E-state index in [0.717, 1.165) is 21.8 Å². The normalized spacial score (nSPS) is 14.9. The first-order chi connectivity index (χ1) is 14.1. The summed E-state index contributed by atoms with van der Waals surface area (Å²) in [4.78, 5) is 6.46. The quantitative estimate of drug-likeness (QED) is 0.366. The Morgan fingerprint density at radius 1 is 1.00 bits per heavy atom. The van der Waals surface area contributed by atoms with Gasteiger partial charge < -0.3 is 10.1 Å². The van der Waals surface area contributed by atoms with Gasteiger partial charge in [-0.05, 0) is 50.4 Å². The van der Waals surface area contributed by atoms with Crippen LogP contribution in [0.3, 0.4) is 0 Å². The van der Waals surface area contributed by atoms with Crippen molar-refractivity contribution in [3.8, 4) is 16.9 Å². The topological polar surface area (TPSA) is 33.6 Å². The van der Waals surface area contributed by atoms with Crippen LogP contribution in [0.5, 0.6) is 5.75 Å². The Morgan fingerprint density at radius 3 is 2.69 bits per heavy atom. The van der Waals surface area contributed by atoms with Gasteiger partial charge in [-0.3, -0.25) is 0 Å². The van der Waals surface area contributed by atoms with Crippen molar-refractivity contribution in [3.05, 3.63) is 70.2 Å². The van der Waals surface area contributed by atoms with Crippen molar-refractivity contribution < 1.29 is 4.74 Å². The van der Waals surface area contributed by atoms with E-state index in [1.54, 1.807) is 10.3 Å². The average molecular weight is 419 g/mol. The molecule has 146 valence electrons. The van der Waals surface area contributed by atoms with Crippen molar-refractivity contribution >= 4 is 42.8 Å². The lowest BCUT2D eigenvalue weighted by Crippen LogP contribution is -2.31. The van der Waals surface area contributed by atoms with Gasteiger partial charge in [0.1, 0.15) is 10.4 Å². The summed E-state index contributed by atoms with van der Waals surface area (Å²) in [6, 6.07) is 21.0. The molecule has 0 bridgehead atoms. The highest BCUT2D eigenvalue weighted by molar-refractivity contribution is 7.68. The minimum atomic E-state index is -0.136. The molecule has 0 saturated heterocycles. The molecule has 5 rings (SSSR count). The molecule has 3 nitrogen and oxygen atoms in total. The van der Waals surface area contributed by atoms with Crippen LogP contribution >= 0.6 is 20.7 Å². The van der Waals surface area contributed by atoms with Crippen LogP contribution in [0.2, 0.25) is 0 Å². The summed E-state index contributed by atoms with van der Waals surface area (Å²) < 4.78 is 6.84. The van der Waals surface area contributed by atoms with E-state index in [0.29, 0.717) is 6.61 Å². The number of fused-ring (bicyclic) bond motifs is 4. The number of nitrogens with zero attached hydrogens (tertiary/aromatic N) is 1. The Morgan fingerprint density at radius 2 is 1.83 bits per heavy atom. The van der Waals surface area contributed by atoms with Crippen molar-refractivity contribution in [1.82, 2.24) is 0 Å². The van der Waals surface area contributed by atoms with E-state index in [4.69, 9.17) is 9.73 Å². The van der Waals surface area contributed by atoms with E-state index >= 15 is 0 Å². The lowest BCUT2D eigenvalue weighted by molar-refractivity contribution is 0.340. The summed E-state index contributed by atoms with van der Waals surface area (Å²) in [7, 11) is 3.56. The summed E-state index contributed by atoms with van der Waals surface area (Å²) in [5.74, 6) is 0.894. The molecular weight excluding hydrogens is 396 g/mol. The Balaban J connectivity index is 1.77. The van der Waals surface area contributed by atoms with E-state index in [9.17, 15) is 0 Å². The van der Waals surface area contributed by atoms with Crippen LogP contribution < -0.4 is 14.7 Å². The maximum Gasteiger partial charge on any atom is 0.135 e. The predicted molar refractivity (Wildman–Crippen MR) is 125 cm³/mol. The highest BCUT2D eigenvalue weighted by Gasteiger charge is 2.33. The SMILES string of the molecule is CCOc1ccc2c(c1)-c1c(ssc1=Nc1cccc3ccccc13)C(C)(C)N2. The van der Waals surface area contributed by atoms with Gasteiger partial charge in [0, 0.05) is 22.2 Å². The minimum Gasteiger partial charge on any atom is -0.494 e. The molecule has 0 radical (unpaired) electrons. The summed E-state index contributed by atoms with van der Waals surface area (Å²) in [5, 5.41) is 6.08. The van der Waals surface area contributed by atoms with Crippen LogP contribution in [0.4, 0.5) is 11.4 Å². The first kappa shape index (κ1) is 18.4. The molecule has 0 amide bonds. The lowest BCUT2D eigenvalue weighted by Gasteiger charge is -2.33. The zero-order valence-corrected chi connectivity index (χ0v) is 18.3. The summed E-state index contributed by atoms with van der Waals surface area (Å²) >= 11 is 0. The number of hydrogen-bond donors (Lipinski definition) is 1. The number of ether oxygens (including phenoxy) is 1. The third-order valence-corrected chi connectivity index (χ3v) is 7.86. The first-order valence-electron chi connectivity index (χ1n) is 9.78. The Hall–Kier alpha value is -2.63. The molecule has 1 aromatic heterocycles. The van der Waals surface area contributed by atoms with Crippen LogP contribution in [0.25, 0.3) is 21.9 Å². The number of hydrogen-bond acceptors (Lipinski definition) is 5. The highest BCUT2D eigenvalue weighted by Crippen LogP contribution is 2.46. The van der Waals surface area contributed by atoms with Crippen molar-refractivity contribution in [3.63, 3.8) is 0 Å². The van der Waals surface area contributed by atoms with Gasteiger partial charge in [-0.2, -0.15) is 0 Å². The molecule has 1 aliphatic rings. The molecule has 3 aromatic carbocycles. The van der Waals surface area contributed by atoms with Gasteiger partial charge in [-0.15, -0.1) is 0 Å². The third kappa shape index (κ3) is 3.15. The molecule has 0 fully saturated rings. The van der Waals surface area contributed by atoms with Crippen molar-refractivity contribution in [2.45, 2.75) is 26.3 Å². The van der Waals surface area contributed by atoms with Crippen LogP contribution in [-0.2, 0) is 5.54 Å². The summed E-state index contributed by atoms with van der Waals surface area (Å²) in [6.45, 7) is 7.14. The molecule has 5 heteroatoms. The fraction of sp³-hybridized carbons (Fsp3) is 0.208. The number of rotatable bonds is 3. The molecule has 4 aromatic rings. The van der Waals surface area contributed by atoms with Crippen molar-refractivity contribution in [1.29, 1.82) is 0 Å². The van der Waals surface area contributed by atoms with Gasteiger partial charge in [-0.1, -0.05) is 57.1 Å². The third-order valence-electron chi connectivity index (χ3n) is 5.22. The first-order valence-corrected chi connectivity index (χ1v) is 11.9. The smallest absolute Gasteiger partial charge is 0.135 e.